The maximum absolute atomic E-state index is 13.6. The van der Waals surface area contributed by atoms with Gasteiger partial charge in [0.15, 0.2) is 0 Å². The summed E-state index contributed by atoms with van der Waals surface area (Å²) < 4.78 is 55.1. The minimum absolute atomic E-state index is 0.0376. The van der Waals surface area contributed by atoms with Crippen molar-refractivity contribution in [2.45, 2.75) is 31.9 Å². The van der Waals surface area contributed by atoms with Crippen LogP contribution in [0.1, 0.15) is 51.3 Å². The van der Waals surface area contributed by atoms with E-state index in [2.05, 4.69) is 0 Å². The minimum atomic E-state index is -4.52. The Morgan fingerprint density at radius 2 is 1.31 bits per heavy atom. The topological polar surface area (TPSA) is 116 Å². The van der Waals surface area contributed by atoms with Gasteiger partial charge in [0.1, 0.15) is 6.61 Å². The molecule has 0 saturated heterocycles. The van der Waals surface area contributed by atoms with Gasteiger partial charge in [-0.2, -0.15) is 13.2 Å². The highest BCUT2D eigenvalue weighted by atomic mass is 19.4. The van der Waals surface area contributed by atoms with Crippen LogP contribution in [0.25, 0.3) is 11.1 Å². The molecule has 0 aromatic heterocycles. The van der Waals surface area contributed by atoms with E-state index < -0.39 is 53.5 Å². The highest BCUT2D eigenvalue weighted by molar-refractivity contribution is 6.35. The van der Waals surface area contributed by atoms with Gasteiger partial charge in [0.2, 0.25) is 5.41 Å². The summed E-state index contributed by atoms with van der Waals surface area (Å²) >= 11 is 0. The largest absolute Gasteiger partial charge is 0.465 e. The Labute approximate surface area is 279 Å². The smallest absolute Gasteiger partial charge is 0.416 e. The number of carbonyl (C=O) groups excluding carboxylic acids is 5. The highest BCUT2D eigenvalue weighted by Crippen LogP contribution is 2.38. The Balaban J connectivity index is 1.33. The van der Waals surface area contributed by atoms with E-state index in [0.29, 0.717) is 16.7 Å². The number of rotatable bonds is 11. The molecule has 252 valence electrons. The van der Waals surface area contributed by atoms with Crippen molar-refractivity contribution in [3.63, 3.8) is 0 Å². The van der Waals surface area contributed by atoms with E-state index in [4.69, 9.17) is 14.2 Å². The summed E-state index contributed by atoms with van der Waals surface area (Å²) in [6.45, 7) is 2.38. The number of alkyl halides is 3. The second-order valence-electron chi connectivity index (χ2n) is 11.0. The Hall–Kier alpha value is -5.78. The van der Waals surface area contributed by atoms with Crippen LogP contribution in [0.5, 0.6) is 0 Å². The average Bonchev–Trinajstić information content (AvgIpc) is 3.09. The quantitative estimate of drug-likeness (QED) is 0.0786. The van der Waals surface area contributed by atoms with Crippen LogP contribution in [-0.4, -0.2) is 49.5 Å². The Morgan fingerprint density at radius 3 is 1.92 bits per heavy atom. The van der Waals surface area contributed by atoms with Gasteiger partial charge in [-0.1, -0.05) is 66.7 Å². The molecule has 0 N–H and O–H groups in total. The van der Waals surface area contributed by atoms with Gasteiger partial charge in [-0.05, 0) is 66.4 Å². The molecule has 1 aliphatic heterocycles. The van der Waals surface area contributed by atoms with Crippen LogP contribution >= 0.6 is 0 Å². The van der Waals surface area contributed by atoms with Crippen molar-refractivity contribution in [2.24, 2.45) is 0 Å². The van der Waals surface area contributed by atoms with Crippen molar-refractivity contribution in [3.05, 3.63) is 125 Å². The zero-order valence-electron chi connectivity index (χ0n) is 26.4. The summed E-state index contributed by atoms with van der Waals surface area (Å²) in [7, 11) is 0. The number of hydrogen-bond acceptors (Lipinski definition) is 8. The molecule has 4 aromatic carbocycles. The molecule has 0 radical (unpaired) electrons. The van der Waals surface area contributed by atoms with E-state index in [1.807, 2.05) is 0 Å². The summed E-state index contributed by atoms with van der Waals surface area (Å²) in [6.07, 6.45) is -4.85. The fourth-order valence-electron chi connectivity index (χ4n) is 5.48. The van der Waals surface area contributed by atoms with Gasteiger partial charge in [-0.3, -0.25) is 24.0 Å². The van der Waals surface area contributed by atoms with E-state index >= 15 is 0 Å². The van der Waals surface area contributed by atoms with E-state index in [1.54, 1.807) is 50.2 Å². The Kier molecular flexibility index (Phi) is 9.97. The maximum atomic E-state index is 13.6. The number of esters is 3. The molecule has 0 unspecified atom stereocenters. The molecule has 12 heteroatoms. The minimum Gasteiger partial charge on any atom is -0.465 e. The van der Waals surface area contributed by atoms with Gasteiger partial charge < -0.3 is 14.2 Å². The number of benzene rings is 4. The first-order valence-corrected chi connectivity index (χ1v) is 15.3. The standard InChI is InChI=1S/C37H30F3NO8/c1-3-47-34(45)36(35(46)48-4-2,25-10-6-5-7-11-25)22-49-31(42)21-23-14-19-30-29(20-23)33(44)41(30)32(43)28-13-9-8-12-27(28)24-15-17-26(18-16-24)37(38,39)40/h5-20H,3-4,21-22H2,1-2H3. The first kappa shape index (κ1) is 34.6. The molecule has 4 aromatic rings. The Bertz CT molecular complexity index is 1890. The van der Waals surface area contributed by atoms with E-state index in [0.717, 1.165) is 17.0 Å². The Morgan fingerprint density at radius 1 is 0.694 bits per heavy atom. The molecule has 0 fully saturated rings. The van der Waals surface area contributed by atoms with E-state index in [-0.39, 0.29) is 42.0 Å². The summed E-state index contributed by atoms with van der Waals surface area (Å²) in [5.41, 5.74) is -1.05. The fourth-order valence-corrected chi connectivity index (χ4v) is 5.48. The molecule has 0 spiro atoms. The van der Waals surface area contributed by atoms with Crippen LogP contribution in [0.3, 0.4) is 0 Å². The van der Waals surface area contributed by atoms with Crippen molar-refractivity contribution >= 4 is 35.4 Å². The van der Waals surface area contributed by atoms with Crippen molar-refractivity contribution in [3.8, 4) is 11.1 Å². The number of imide groups is 1. The molecule has 9 nitrogen and oxygen atoms in total. The number of amides is 2. The molecule has 1 heterocycles. The normalized spacial score (nSPS) is 12.4. The van der Waals surface area contributed by atoms with Gasteiger partial charge in [0.05, 0.1) is 36.4 Å². The molecular weight excluding hydrogens is 643 g/mol. The molecule has 0 aliphatic carbocycles. The zero-order valence-corrected chi connectivity index (χ0v) is 26.4. The predicted octanol–water partition coefficient (Wildman–Crippen LogP) is 6.32. The molecule has 2 amide bonds. The van der Waals surface area contributed by atoms with E-state index in [9.17, 15) is 37.1 Å². The number of anilines is 1. The van der Waals surface area contributed by atoms with Crippen LogP contribution in [0, 0.1) is 0 Å². The number of halogens is 3. The highest BCUT2D eigenvalue weighted by Gasteiger charge is 2.52. The second kappa shape index (κ2) is 14.1. The number of carbonyl (C=O) groups is 5. The van der Waals surface area contributed by atoms with Crippen molar-refractivity contribution in [2.75, 3.05) is 24.7 Å². The zero-order chi connectivity index (χ0) is 35.3. The van der Waals surface area contributed by atoms with Crippen LogP contribution in [0.4, 0.5) is 18.9 Å². The lowest BCUT2D eigenvalue weighted by atomic mass is 9.81. The van der Waals surface area contributed by atoms with E-state index in [1.165, 1.54) is 48.5 Å². The summed E-state index contributed by atoms with van der Waals surface area (Å²) in [4.78, 5) is 67.1. The number of hydrogen-bond donors (Lipinski definition) is 0. The molecule has 0 atom stereocenters. The average molecular weight is 674 g/mol. The monoisotopic (exact) mass is 673 g/mol. The molecule has 5 rings (SSSR count). The van der Waals surface area contributed by atoms with Gasteiger partial charge in [0, 0.05) is 5.56 Å². The lowest BCUT2D eigenvalue weighted by Gasteiger charge is -2.32. The first-order valence-electron chi connectivity index (χ1n) is 15.3. The molecule has 0 bridgehead atoms. The lowest BCUT2D eigenvalue weighted by Crippen LogP contribution is -2.50. The molecule has 49 heavy (non-hydrogen) atoms. The summed E-state index contributed by atoms with van der Waals surface area (Å²) in [5, 5.41) is 0. The van der Waals surface area contributed by atoms with Crippen LogP contribution < -0.4 is 4.90 Å². The number of fused-ring (bicyclic) bond motifs is 1. The molecular formula is C37H30F3NO8. The van der Waals surface area contributed by atoms with Crippen molar-refractivity contribution in [1.82, 2.24) is 0 Å². The SMILES string of the molecule is CCOC(=O)C(COC(=O)Cc1ccc2c(c1)C(=O)N2C(=O)c1ccccc1-c1ccc(C(F)(F)F)cc1)(C(=O)OCC)c1ccccc1. The maximum Gasteiger partial charge on any atom is 0.416 e. The van der Waals surface area contributed by atoms with Crippen molar-refractivity contribution in [1.29, 1.82) is 0 Å². The van der Waals surface area contributed by atoms with Gasteiger partial charge in [0.25, 0.3) is 11.8 Å². The third kappa shape index (κ3) is 6.80. The molecule has 1 aliphatic rings. The number of ether oxygens (including phenoxy) is 3. The summed E-state index contributed by atoms with van der Waals surface area (Å²) in [6, 6.07) is 23.0. The van der Waals surface area contributed by atoms with Crippen LogP contribution in [-0.2, 0) is 46.6 Å². The molecule has 0 saturated carbocycles. The predicted molar refractivity (Wildman–Crippen MR) is 171 cm³/mol. The van der Waals surface area contributed by atoms with Crippen LogP contribution in [0.15, 0.2) is 97.1 Å². The summed E-state index contributed by atoms with van der Waals surface area (Å²) in [5.74, 6) is -3.99. The number of nitrogens with zero attached hydrogens (tertiary/aromatic N) is 1. The first-order chi connectivity index (χ1) is 23.4. The van der Waals surface area contributed by atoms with Crippen molar-refractivity contribution < 1.29 is 51.4 Å². The lowest BCUT2D eigenvalue weighted by molar-refractivity contribution is -0.170. The van der Waals surface area contributed by atoms with Crippen LogP contribution in [0.2, 0.25) is 0 Å². The third-order valence-electron chi connectivity index (χ3n) is 7.93. The fraction of sp³-hybridized carbons (Fsp3) is 0.216. The van der Waals surface area contributed by atoms with Gasteiger partial charge in [-0.25, -0.2) is 4.90 Å². The van der Waals surface area contributed by atoms with Gasteiger partial charge >= 0.3 is 24.1 Å². The van der Waals surface area contributed by atoms with Gasteiger partial charge in [-0.15, -0.1) is 0 Å². The third-order valence-corrected chi connectivity index (χ3v) is 7.93. The second-order valence-corrected chi connectivity index (χ2v) is 11.0.